The quantitative estimate of drug-likeness (QED) is 0.840. The second-order valence-electron chi connectivity index (χ2n) is 4.94. The van der Waals surface area contributed by atoms with Gasteiger partial charge in [-0.25, -0.2) is 0 Å². The largest absolute Gasteiger partial charge is 0.349 e. The first-order valence-corrected chi connectivity index (χ1v) is 7.13. The fourth-order valence-electron chi connectivity index (χ4n) is 2.14. The number of benzene rings is 1. The highest BCUT2D eigenvalue weighted by molar-refractivity contribution is 6.30. The number of nitrogens with two attached hydrogens (primary N) is 1. The Hall–Kier alpha value is -0.770. The topological polar surface area (TPSA) is 55.1 Å². The van der Waals surface area contributed by atoms with Crippen molar-refractivity contribution in [3.8, 4) is 0 Å². The van der Waals surface area contributed by atoms with Crippen molar-refractivity contribution < 1.29 is 4.79 Å². The van der Waals surface area contributed by atoms with Crippen molar-refractivity contribution in [1.29, 1.82) is 0 Å². The van der Waals surface area contributed by atoms with Gasteiger partial charge in [-0.1, -0.05) is 37.6 Å². The second kappa shape index (κ2) is 8.50. The monoisotopic (exact) mass is 318 g/mol. The molecule has 114 valence electrons. The van der Waals surface area contributed by atoms with Crippen LogP contribution in [0.2, 0.25) is 5.02 Å². The Kier molecular flexibility index (Phi) is 8.17. The maximum absolute atomic E-state index is 12.4. The van der Waals surface area contributed by atoms with E-state index in [2.05, 4.69) is 5.32 Å². The van der Waals surface area contributed by atoms with Gasteiger partial charge < -0.3 is 11.1 Å². The van der Waals surface area contributed by atoms with E-state index in [0.717, 1.165) is 18.4 Å². The molecule has 20 heavy (non-hydrogen) atoms. The van der Waals surface area contributed by atoms with Crippen LogP contribution >= 0.6 is 24.0 Å². The third-order valence-electron chi connectivity index (χ3n) is 3.94. The van der Waals surface area contributed by atoms with Gasteiger partial charge in [0.2, 0.25) is 5.91 Å². The van der Waals surface area contributed by atoms with Gasteiger partial charge in [-0.05, 0) is 37.5 Å². The van der Waals surface area contributed by atoms with Crippen molar-refractivity contribution >= 4 is 29.9 Å². The van der Waals surface area contributed by atoms with Gasteiger partial charge in [0.05, 0.1) is 11.5 Å². The molecule has 0 aliphatic carbocycles. The minimum absolute atomic E-state index is 0. The van der Waals surface area contributed by atoms with Crippen molar-refractivity contribution in [2.75, 3.05) is 6.54 Å². The summed E-state index contributed by atoms with van der Waals surface area (Å²) in [4.78, 5) is 12.4. The number of rotatable bonds is 6. The smallest absolute Gasteiger partial charge is 0.227 e. The van der Waals surface area contributed by atoms with Crippen LogP contribution in [-0.4, -0.2) is 12.5 Å². The van der Waals surface area contributed by atoms with E-state index in [9.17, 15) is 4.79 Å². The summed E-state index contributed by atoms with van der Waals surface area (Å²) < 4.78 is 0. The normalized spacial score (nSPS) is 12.4. The summed E-state index contributed by atoms with van der Waals surface area (Å²) in [7, 11) is 0. The molecular formula is C15H24Cl2N2O. The predicted octanol–water partition coefficient (Wildman–Crippen LogP) is 3.70. The van der Waals surface area contributed by atoms with Gasteiger partial charge in [0, 0.05) is 11.6 Å². The fourth-order valence-corrected chi connectivity index (χ4v) is 2.26. The average molecular weight is 319 g/mol. The summed E-state index contributed by atoms with van der Waals surface area (Å²) in [6, 6.07) is 7.46. The van der Waals surface area contributed by atoms with Gasteiger partial charge in [0.1, 0.15) is 0 Å². The molecule has 3 N–H and O–H groups in total. The Morgan fingerprint density at radius 1 is 1.30 bits per heavy atom. The summed E-state index contributed by atoms with van der Waals surface area (Å²) in [5.41, 5.74) is 6.37. The van der Waals surface area contributed by atoms with Crippen LogP contribution in [0.3, 0.4) is 0 Å². The number of carbonyl (C=O) groups is 1. The molecule has 0 heterocycles. The lowest BCUT2D eigenvalue weighted by Gasteiger charge is -2.30. The number of hydrogen-bond donors (Lipinski definition) is 2. The van der Waals surface area contributed by atoms with Crippen molar-refractivity contribution in [1.82, 2.24) is 5.32 Å². The Labute approximate surface area is 132 Å². The van der Waals surface area contributed by atoms with Gasteiger partial charge >= 0.3 is 0 Å². The number of halogens is 2. The SMILES string of the molecule is CCC(CC)(CN)C(=O)NC(C)c1ccc(Cl)cc1.Cl. The van der Waals surface area contributed by atoms with E-state index in [0.29, 0.717) is 11.6 Å². The van der Waals surface area contributed by atoms with Crippen molar-refractivity contribution in [2.24, 2.45) is 11.1 Å². The molecule has 1 unspecified atom stereocenters. The van der Waals surface area contributed by atoms with Crippen LogP contribution in [0.5, 0.6) is 0 Å². The van der Waals surface area contributed by atoms with Crippen LogP contribution in [0.1, 0.15) is 45.2 Å². The Balaban J connectivity index is 0.00000361. The zero-order chi connectivity index (χ0) is 14.5. The van der Waals surface area contributed by atoms with Crippen molar-refractivity contribution in [3.05, 3.63) is 34.9 Å². The third-order valence-corrected chi connectivity index (χ3v) is 4.20. The first-order chi connectivity index (χ1) is 8.99. The fraction of sp³-hybridized carbons (Fsp3) is 0.533. The summed E-state index contributed by atoms with van der Waals surface area (Å²) >= 11 is 5.86. The first-order valence-electron chi connectivity index (χ1n) is 6.75. The summed E-state index contributed by atoms with van der Waals surface area (Å²) in [5, 5.41) is 3.74. The van der Waals surface area contributed by atoms with Crippen LogP contribution in [0, 0.1) is 5.41 Å². The Morgan fingerprint density at radius 3 is 2.20 bits per heavy atom. The molecular weight excluding hydrogens is 295 g/mol. The van der Waals surface area contributed by atoms with E-state index >= 15 is 0 Å². The van der Waals surface area contributed by atoms with Gasteiger partial charge in [0.25, 0.3) is 0 Å². The zero-order valence-corrected chi connectivity index (χ0v) is 13.9. The van der Waals surface area contributed by atoms with Crippen LogP contribution < -0.4 is 11.1 Å². The maximum Gasteiger partial charge on any atom is 0.227 e. The van der Waals surface area contributed by atoms with Crippen molar-refractivity contribution in [2.45, 2.75) is 39.7 Å². The first kappa shape index (κ1) is 19.2. The number of amides is 1. The van der Waals surface area contributed by atoms with Gasteiger partial charge in [0.15, 0.2) is 0 Å². The molecule has 1 rings (SSSR count). The lowest BCUT2D eigenvalue weighted by Crippen LogP contribution is -2.46. The van der Waals surface area contributed by atoms with Crippen molar-refractivity contribution in [3.63, 3.8) is 0 Å². The lowest BCUT2D eigenvalue weighted by molar-refractivity contribution is -0.131. The van der Waals surface area contributed by atoms with E-state index in [4.69, 9.17) is 17.3 Å². The molecule has 0 aliphatic heterocycles. The molecule has 1 aromatic carbocycles. The lowest BCUT2D eigenvalue weighted by atomic mass is 9.81. The highest BCUT2D eigenvalue weighted by Gasteiger charge is 2.33. The number of carbonyl (C=O) groups excluding carboxylic acids is 1. The standard InChI is InChI=1S/C15H23ClN2O.ClH/c1-4-15(5-2,10-17)14(19)18-11(3)12-6-8-13(16)9-7-12;/h6-9,11H,4-5,10,17H2,1-3H3,(H,18,19);1H. The minimum Gasteiger partial charge on any atom is -0.349 e. The van der Waals surface area contributed by atoms with Crippen LogP contribution in [-0.2, 0) is 4.79 Å². The van der Waals surface area contributed by atoms with E-state index in [-0.39, 0.29) is 24.4 Å². The summed E-state index contributed by atoms with van der Waals surface area (Å²) in [6.07, 6.45) is 1.50. The predicted molar refractivity (Wildman–Crippen MR) is 87.3 cm³/mol. The highest BCUT2D eigenvalue weighted by Crippen LogP contribution is 2.26. The highest BCUT2D eigenvalue weighted by atomic mass is 35.5. The molecule has 0 aliphatic rings. The molecule has 0 aromatic heterocycles. The molecule has 3 nitrogen and oxygen atoms in total. The van der Waals surface area contributed by atoms with Crippen LogP contribution in [0.4, 0.5) is 0 Å². The van der Waals surface area contributed by atoms with Gasteiger partial charge in [-0.2, -0.15) is 0 Å². The van der Waals surface area contributed by atoms with E-state index in [1.165, 1.54) is 0 Å². The van der Waals surface area contributed by atoms with Gasteiger partial charge in [-0.15, -0.1) is 12.4 Å². The maximum atomic E-state index is 12.4. The molecule has 0 saturated carbocycles. The molecule has 0 saturated heterocycles. The third kappa shape index (κ3) is 4.37. The van der Waals surface area contributed by atoms with E-state index in [1.807, 2.05) is 45.0 Å². The molecule has 1 amide bonds. The van der Waals surface area contributed by atoms with Gasteiger partial charge in [-0.3, -0.25) is 4.79 Å². The molecule has 0 spiro atoms. The molecule has 1 aromatic rings. The second-order valence-corrected chi connectivity index (χ2v) is 5.37. The number of nitrogens with one attached hydrogen (secondary N) is 1. The van der Waals surface area contributed by atoms with E-state index < -0.39 is 5.41 Å². The summed E-state index contributed by atoms with van der Waals surface area (Å²) in [5.74, 6) is 0.0300. The Bertz CT molecular complexity index is 408. The van der Waals surface area contributed by atoms with E-state index in [1.54, 1.807) is 0 Å². The average Bonchev–Trinajstić information content (AvgIpc) is 2.42. The summed E-state index contributed by atoms with van der Waals surface area (Å²) in [6.45, 7) is 6.35. The van der Waals surface area contributed by atoms with Crippen LogP contribution in [0.15, 0.2) is 24.3 Å². The molecule has 0 bridgehead atoms. The number of hydrogen-bond acceptors (Lipinski definition) is 2. The Morgan fingerprint density at radius 2 is 1.80 bits per heavy atom. The molecule has 5 heteroatoms. The minimum atomic E-state index is -0.458. The molecule has 0 radical (unpaired) electrons. The van der Waals surface area contributed by atoms with Crippen LogP contribution in [0.25, 0.3) is 0 Å². The molecule has 1 atom stereocenters. The zero-order valence-electron chi connectivity index (χ0n) is 12.3. The molecule has 0 fully saturated rings.